The molecule has 3 heteroatoms. The molecule has 0 unspecified atom stereocenters. The Morgan fingerprint density at radius 2 is 1.73 bits per heavy atom. The molecule has 2 nitrogen and oxygen atoms in total. The van der Waals surface area contributed by atoms with Crippen LogP contribution in [0.25, 0.3) is 0 Å². The van der Waals surface area contributed by atoms with Crippen LogP contribution in [0.4, 0.5) is 0 Å². The van der Waals surface area contributed by atoms with Gasteiger partial charge in [0.25, 0.3) is 0 Å². The third kappa shape index (κ3) is 4.89. The first-order valence-electron chi connectivity index (χ1n) is 10.1. The Bertz CT molecular complexity index is 606. The number of hydrogen-bond donors (Lipinski definition) is 0. The second-order valence-corrected chi connectivity index (χ2v) is 12.9. The van der Waals surface area contributed by atoms with Gasteiger partial charge in [-0.2, -0.15) is 0 Å². The van der Waals surface area contributed by atoms with E-state index in [-0.39, 0.29) is 11.3 Å². The van der Waals surface area contributed by atoms with Crippen molar-refractivity contribution in [3.63, 3.8) is 0 Å². The SMILES string of the molecule is C=C(COCc1ccccc1)[C@H]1C(O[Si](CC)(CC)CC)=CCC1(C)C. The van der Waals surface area contributed by atoms with Crippen LogP contribution in [0.1, 0.15) is 46.6 Å². The molecule has 1 aliphatic carbocycles. The molecule has 0 aromatic heterocycles. The zero-order valence-corrected chi connectivity index (χ0v) is 18.3. The molecular weight excluding hydrogens is 336 g/mol. The zero-order chi connectivity index (χ0) is 19.2. The molecular formula is C23H36O2Si. The van der Waals surface area contributed by atoms with Crippen LogP contribution in [0, 0.1) is 11.3 Å². The van der Waals surface area contributed by atoms with Crippen LogP contribution >= 0.6 is 0 Å². The molecule has 1 aromatic rings. The molecule has 1 aromatic carbocycles. The zero-order valence-electron chi connectivity index (χ0n) is 17.3. The molecule has 0 spiro atoms. The predicted molar refractivity (Wildman–Crippen MR) is 113 cm³/mol. The minimum atomic E-state index is -1.67. The summed E-state index contributed by atoms with van der Waals surface area (Å²) >= 11 is 0. The molecule has 1 atom stereocenters. The smallest absolute Gasteiger partial charge is 0.250 e. The molecule has 0 saturated heterocycles. The lowest BCUT2D eigenvalue weighted by atomic mass is 9.77. The average molecular weight is 373 g/mol. The molecule has 0 amide bonds. The van der Waals surface area contributed by atoms with Crippen molar-refractivity contribution in [2.45, 2.75) is 65.8 Å². The molecule has 0 bridgehead atoms. The molecule has 2 rings (SSSR count). The van der Waals surface area contributed by atoms with Crippen molar-refractivity contribution in [1.82, 2.24) is 0 Å². The Hall–Kier alpha value is -1.32. The van der Waals surface area contributed by atoms with Gasteiger partial charge in [0.1, 0.15) is 0 Å². The van der Waals surface area contributed by atoms with E-state index in [1.807, 2.05) is 18.2 Å². The lowest BCUT2D eigenvalue weighted by Gasteiger charge is -2.36. The number of hydrogen-bond acceptors (Lipinski definition) is 2. The first kappa shape index (κ1) is 21.0. The first-order valence-corrected chi connectivity index (χ1v) is 12.6. The Morgan fingerprint density at radius 3 is 2.31 bits per heavy atom. The van der Waals surface area contributed by atoms with Crippen LogP contribution < -0.4 is 0 Å². The third-order valence-electron chi connectivity index (χ3n) is 5.97. The second-order valence-electron chi connectivity index (χ2n) is 8.21. The number of rotatable bonds is 10. The highest BCUT2D eigenvalue weighted by atomic mass is 28.4. The first-order chi connectivity index (χ1) is 12.4. The summed E-state index contributed by atoms with van der Waals surface area (Å²) < 4.78 is 12.7. The summed E-state index contributed by atoms with van der Waals surface area (Å²) in [6.45, 7) is 17.1. The Balaban J connectivity index is 2.03. The second kappa shape index (κ2) is 9.05. The van der Waals surface area contributed by atoms with Gasteiger partial charge < -0.3 is 9.16 Å². The summed E-state index contributed by atoms with van der Waals surface area (Å²) in [6.07, 6.45) is 3.36. The van der Waals surface area contributed by atoms with Crippen molar-refractivity contribution >= 4 is 8.32 Å². The van der Waals surface area contributed by atoms with Gasteiger partial charge in [-0.15, -0.1) is 0 Å². The lowest BCUT2D eigenvalue weighted by Crippen LogP contribution is -2.37. The Morgan fingerprint density at radius 1 is 1.12 bits per heavy atom. The molecule has 0 saturated carbocycles. The molecule has 144 valence electrons. The van der Waals surface area contributed by atoms with Crippen molar-refractivity contribution in [3.8, 4) is 0 Å². The van der Waals surface area contributed by atoms with E-state index in [4.69, 9.17) is 9.16 Å². The van der Waals surface area contributed by atoms with Gasteiger partial charge in [-0.25, -0.2) is 0 Å². The van der Waals surface area contributed by atoms with Crippen LogP contribution in [0.2, 0.25) is 18.1 Å². The van der Waals surface area contributed by atoms with E-state index in [0.29, 0.717) is 13.2 Å². The van der Waals surface area contributed by atoms with E-state index in [0.717, 1.165) is 12.0 Å². The average Bonchev–Trinajstić information content (AvgIpc) is 2.94. The predicted octanol–water partition coefficient (Wildman–Crippen LogP) is 6.71. The number of ether oxygens (including phenoxy) is 1. The molecule has 0 N–H and O–H groups in total. The van der Waals surface area contributed by atoms with Crippen LogP contribution in [0.3, 0.4) is 0 Å². The van der Waals surface area contributed by atoms with E-state index in [1.165, 1.54) is 29.5 Å². The van der Waals surface area contributed by atoms with Gasteiger partial charge in [0.15, 0.2) is 0 Å². The minimum Gasteiger partial charge on any atom is -0.546 e. The Labute approximate surface area is 161 Å². The summed E-state index contributed by atoms with van der Waals surface area (Å²) in [7, 11) is -1.67. The van der Waals surface area contributed by atoms with Crippen LogP contribution in [-0.4, -0.2) is 14.9 Å². The fourth-order valence-electron chi connectivity index (χ4n) is 4.01. The van der Waals surface area contributed by atoms with Gasteiger partial charge in [0.2, 0.25) is 8.32 Å². The van der Waals surface area contributed by atoms with Crippen LogP contribution in [-0.2, 0) is 15.8 Å². The number of benzene rings is 1. The maximum atomic E-state index is 6.76. The van der Waals surface area contributed by atoms with Gasteiger partial charge in [0, 0.05) is 5.92 Å². The van der Waals surface area contributed by atoms with Crippen LogP contribution in [0.15, 0.2) is 54.3 Å². The van der Waals surface area contributed by atoms with Crippen molar-refractivity contribution in [3.05, 3.63) is 59.9 Å². The molecule has 26 heavy (non-hydrogen) atoms. The van der Waals surface area contributed by atoms with E-state index in [9.17, 15) is 0 Å². The summed E-state index contributed by atoms with van der Waals surface area (Å²) in [5.74, 6) is 1.43. The topological polar surface area (TPSA) is 18.5 Å². The number of allylic oxidation sites excluding steroid dienone is 2. The molecule has 1 aliphatic rings. The van der Waals surface area contributed by atoms with E-state index >= 15 is 0 Å². The maximum Gasteiger partial charge on any atom is 0.250 e. The highest BCUT2D eigenvalue weighted by molar-refractivity contribution is 6.73. The summed E-state index contributed by atoms with van der Waals surface area (Å²) in [5, 5.41) is 0. The summed E-state index contributed by atoms with van der Waals surface area (Å²) in [4.78, 5) is 0. The Kier molecular flexibility index (Phi) is 7.30. The van der Waals surface area contributed by atoms with Crippen molar-refractivity contribution in [2.75, 3.05) is 6.61 Å². The highest BCUT2D eigenvalue weighted by Crippen LogP contribution is 2.48. The van der Waals surface area contributed by atoms with Gasteiger partial charge in [-0.05, 0) is 47.2 Å². The van der Waals surface area contributed by atoms with E-state index < -0.39 is 8.32 Å². The summed E-state index contributed by atoms with van der Waals surface area (Å²) in [6, 6.07) is 13.8. The normalized spacial score (nSPS) is 19.3. The van der Waals surface area contributed by atoms with Gasteiger partial charge in [-0.1, -0.05) is 71.5 Å². The van der Waals surface area contributed by atoms with Crippen molar-refractivity contribution < 1.29 is 9.16 Å². The van der Waals surface area contributed by atoms with Gasteiger partial charge in [0.05, 0.1) is 19.0 Å². The third-order valence-corrected chi connectivity index (χ3v) is 10.5. The monoisotopic (exact) mass is 372 g/mol. The van der Waals surface area contributed by atoms with Crippen molar-refractivity contribution in [2.24, 2.45) is 11.3 Å². The van der Waals surface area contributed by atoms with E-state index in [2.05, 4.69) is 59.4 Å². The van der Waals surface area contributed by atoms with Crippen molar-refractivity contribution in [1.29, 1.82) is 0 Å². The standard InChI is InChI=1S/C23H36O2Si/c1-7-26(8-2,9-3)25-21-15-16-23(5,6)22(21)19(4)17-24-18-20-13-11-10-12-14-20/h10-15,22H,4,7-9,16-18H2,1-3,5-6H3/t22-/m0/s1. The van der Waals surface area contributed by atoms with Gasteiger partial charge in [-0.3, -0.25) is 0 Å². The van der Waals surface area contributed by atoms with Gasteiger partial charge >= 0.3 is 0 Å². The summed E-state index contributed by atoms with van der Waals surface area (Å²) in [5.41, 5.74) is 2.49. The molecule has 0 aliphatic heterocycles. The fourth-order valence-corrected chi connectivity index (χ4v) is 6.65. The van der Waals surface area contributed by atoms with E-state index in [1.54, 1.807) is 0 Å². The molecule has 0 radical (unpaired) electrons. The maximum absolute atomic E-state index is 6.76. The quantitative estimate of drug-likeness (QED) is 0.335. The van der Waals surface area contributed by atoms with Crippen LogP contribution in [0.5, 0.6) is 0 Å². The highest BCUT2D eigenvalue weighted by Gasteiger charge is 2.42. The fraction of sp³-hybridized carbons (Fsp3) is 0.565. The largest absolute Gasteiger partial charge is 0.546 e. The molecule has 0 fully saturated rings. The minimum absolute atomic E-state index is 0.151. The molecule has 0 heterocycles. The lowest BCUT2D eigenvalue weighted by molar-refractivity contribution is 0.125.